The summed E-state index contributed by atoms with van der Waals surface area (Å²) >= 11 is 0. The highest BCUT2D eigenvalue weighted by molar-refractivity contribution is 5.88. The summed E-state index contributed by atoms with van der Waals surface area (Å²) in [6, 6.07) is 9.43. The number of halogens is 2. The number of unbranched alkanes of at least 4 members (excludes halogenated alkanes) is 2. The van der Waals surface area contributed by atoms with Crippen molar-refractivity contribution in [1.29, 1.82) is 0 Å². The summed E-state index contributed by atoms with van der Waals surface area (Å²) < 4.78 is 40.3. The summed E-state index contributed by atoms with van der Waals surface area (Å²) in [6.45, 7) is 7.65. The van der Waals surface area contributed by atoms with Crippen LogP contribution in [0, 0.1) is 11.6 Å². The number of aryl methyl sites for hydroxylation is 1. The zero-order chi connectivity index (χ0) is 28.1. The van der Waals surface area contributed by atoms with Crippen molar-refractivity contribution in [1.82, 2.24) is 0 Å². The van der Waals surface area contributed by atoms with Crippen molar-refractivity contribution in [2.24, 2.45) is 0 Å². The minimum atomic E-state index is -0.763. The maximum absolute atomic E-state index is 15.3. The molecular weight excluding hydrogens is 494 g/mol. The summed E-state index contributed by atoms with van der Waals surface area (Å²) in [7, 11) is 0. The van der Waals surface area contributed by atoms with Gasteiger partial charge in [0.15, 0.2) is 0 Å². The molecule has 0 amide bonds. The van der Waals surface area contributed by atoms with Crippen LogP contribution < -0.4 is 0 Å². The number of carbonyl (C=O) groups excluding carboxylic acids is 2. The van der Waals surface area contributed by atoms with Gasteiger partial charge in [-0.1, -0.05) is 57.2 Å². The SMILES string of the molecule is C=C(CO)C(=O)OCCC(CCOC(=O)C(=C)CO)c1ccc(-c2ccc(CCCCC)cc2F)cc1F. The lowest BCUT2D eigenvalue weighted by molar-refractivity contribution is -0.139. The second-order valence-corrected chi connectivity index (χ2v) is 9.08. The van der Waals surface area contributed by atoms with Crippen LogP contribution in [-0.4, -0.2) is 48.6 Å². The zero-order valence-corrected chi connectivity index (χ0v) is 21.8. The molecule has 0 bridgehead atoms. The topological polar surface area (TPSA) is 93.1 Å². The normalized spacial score (nSPS) is 10.9. The van der Waals surface area contributed by atoms with Gasteiger partial charge in [-0.05, 0) is 60.4 Å². The van der Waals surface area contributed by atoms with E-state index in [-0.39, 0.29) is 37.2 Å². The molecule has 0 aliphatic rings. The van der Waals surface area contributed by atoms with Crippen LogP contribution in [0.4, 0.5) is 8.78 Å². The quantitative estimate of drug-likeness (QED) is 0.171. The number of carbonyl (C=O) groups is 2. The van der Waals surface area contributed by atoms with Crippen LogP contribution in [0.15, 0.2) is 60.7 Å². The van der Waals surface area contributed by atoms with Crippen LogP contribution in [0.3, 0.4) is 0 Å². The third-order valence-electron chi connectivity index (χ3n) is 6.21. The lowest BCUT2D eigenvalue weighted by Crippen LogP contribution is -2.16. The molecule has 0 unspecified atom stereocenters. The van der Waals surface area contributed by atoms with Gasteiger partial charge in [0.2, 0.25) is 0 Å². The van der Waals surface area contributed by atoms with Crippen LogP contribution in [-0.2, 0) is 25.5 Å². The zero-order valence-electron chi connectivity index (χ0n) is 21.8. The smallest absolute Gasteiger partial charge is 0.335 e. The van der Waals surface area contributed by atoms with Crippen molar-refractivity contribution < 1.29 is 38.1 Å². The van der Waals surface area contributed by atoms with Gasteiger partial charge < -0.3 is 19.7 Å². The maximum atomic E-state index is 15.3. The first-order valence-corrected chi connectivity index (χ1v) is 12.7. The van der Waals surface area contributed by atoms with Crippen LogP contribution in [0.25, 0.3) is 11.1 Å². The molecular formula is C30H36F2O6. The Morgan fingerprint density at radius 2 is 1.47 bits per heavy atom. The maximum Gasteiger partial charge on any atom is 0.335 e. The standard InChI is InChI=1S/C30H36F2O6/c1-4-5-6-7-22-8-10-26(27(31)16-22)24-9-11-25(28(32)17-24)23(12-14-37-29(35)20(2)18-33)13-15-38-30(36)21(3)19-34/h8-11,16-17,23,33-34H,2-7,12-15,18-19H2,1H3. The van der Waals surface area contributed by atoms with Gasteiger partial charge >= 0.3 is 11.9 Å². The third-order valence-corrected chi connectivity index (χ3v) is 6.21. The first-order valence-electron chi connectivity index (χ1n) is 12.7. The van der Waals surface area contributed by atoms with Crippen molar-refractivity contribution in [2.45, 2.75) is 51.4 Å². The molecule has 0 spiro atoms. The lowest BCUT2D eigenvalue weighted by atomic mass is 9.90. The molecule has 2 N–H and O–H groups in total. The third kappa shape index (κ3) is 9.19. The van der Waals surface area contributed by atoms with E-state index in [0.29, 0.717) is 16.7 Å². The fourth-order valence-corrected chi connectivity index (χ4v) is 3.93. The number of aliphatic hydroxyl groups excluding tert-OH is 2. The average molecular weight is 531 g/mol. The summed E-state index contributed by atoms with van der Waals surface area (Å²) in [5.74, 6) is -3.03. The summed E-state index contributed by atoms with van der Waals surface area (Å²) in [6.07, 6.45) is 4.30. The van der Waals surface area contributed by atoms with E-state index < -0.39 is 42.7 Å². The Bertz CT molecular complexity index is 1090. The van der Waals surface area contributed by atoms with Crippen molar-refractivity contribution >= 4 is 11.9 Å². The molecule has 0 heterocycles. The van der Waals surface area contributed by atoms with Crippen LogP contribution in [0.5, 0.6) is 0 Å². The van der Waals surface area contributed by atoms with E-state index in [2.05, 4.69) is 20.1 Å². The number of esters is 2. The van der Waals surface area contributed by atoms with Crippen molar-refractivity contribution in [3.05, 3.63) is 83.5 Å². The highest BCUT2D eigenvalue weighted by Crippen LogP contribution is 2.31. The van der Waals surface area contributed by atoms with E-state index in [9.17, 15) is 14.0 Å². The minimum absolute atomic E-state index is 0.0882. The lowest BCUT2D eigenvalue weighted by Gasteiger charge is -2.19. The molecule has 206 valence electrons. The summed E-state index contributed by atoms with van der Waals surface area (Å²) in [5.41, 5.74) is 1.66. The number of ether oxygens (including phenoxy) is 2. The molecule has 8 heteroatoms. The Kier molecular flexibility index (Phi) is 12.8. The molecule has 0 radical (unpaired) electrons. The Hall–Kier alpha value is -3.36. The van der Waals surface area contributed by atoms with Gasteiger partial charge in [0.05, 0.1) is 37.6 Å². The number of hydrogen-bond donors (Lipinski definition) is 2. The first-order chi connectivity index (χ1) is 18.2. The predicted molar refractivity (Wildman–Crippen MR) is 141 cm³/mol. The minimum Gasteiger partial charge on any atom is -0.462 e. The van der Waals surface area contributed by atoms with Gasteiger partial charge in [0, 0.05) is 5.56 Å². The predicted octanol–water partition coefficient (Wildman–Crippen LogP) is 5.41. The van der Waals surface area contributed by atoms with E-state index in [1.165, 1.54) is 12.1 Å². The van der Waals surface area contributed by atoms with E-state index in [1.807, 2.05) is 6.07 Å². The first kappa shape index (κ1) is 30.9. The summed E-state index contributed by atoms with van der Waals surface area (Å²) in [4.78, 5) is 23.6. The van der Waals surface area contributed by atoms with Crippen molar-refractivity contribution in [3.8, 4) is 11.1 Å². The van der Waals surface area contributed by atoms with Gasteiger partial charge in [-0.25, -0.2) is 18.4 Å². The van der Waals surface area contributed by atoms with Gasteiger partial charge in [-0.2, -0.15) is 0 Å². The summed E-state index contributed by atoms with van der Waals surface area (Å²) in [5, 5.41) is 18.0. The van der Waals surface area contributed by atoms with E-state index in [1.54, 1.807) is 18.2 Å². The highest BCUT2D eigenvalue weighted by atomic mass is 19.1. The second kappa shape index (κ2) is 15.8. The van der Waals surface area contributed by atoms with Crippen LogP contribution >= 0.6 is 0 Å². The van der Waals surface area contributed by atoms with E-state index in [4.69, 9.17) is 19.7 Å². The molecule has 2 aromatic carbocycles. The van der Waals surface area contributed by atoms with Crippen LogP contribution in [0.2, 0.25) is 0 Å². The molecule has 0 saturated carbocycles. The van der Waals surface area contributed by atoms with Crippen molar-refractivity contribution in [2.75, 3.05) is 26.4 Å². The molecule has 0 aliphatic carbocycles. The molecule has 6 nitrogen and oxygen atoms in total. The Morgan fingerprint density at radius 1 is 0.868 bits per heavy atom. The number of aliphatic hydroxyl groups is 2. The van der Waals surface area contributed by atoms with E-state index >= 15 is 4.39 Å². The monoisotopic (exact) mass is 530 g/mol. The Morgan fingerprint density at radius 3 is 1.97 bits per heavy atom. The molecule has 2 aromatic rings. The van der Waals surface area contributed by atoms with E-state index in [0.717, 1.165) is 31.2 Å². The highest BCUT2D eigenvalue weighted by Gasteiger charge is 2.20. The Labute approximate surface area is 222 Å². The molecule has 0 aliphatic heterocycles. The number of rotatable bonds is 16. The molecule has 0 atom stereocenters. The number of benzene rings is 2. The van der Waals surface area contributed by atoms with Crippen LogP contribution in [0.1, 0.15) is 56.1 Å². The molecule has 2 rings (SSSR count). The van der Waals surface area contributed by atoms with Crippen molar-refractivity contribution in [3.63, 3.8) is 0 Å². The molecule has 38 heavy (non-hydrogen) atoms. The number of hydrogen-bond acceptors (Lipinski definition) is 6. The molecule has 0 saturated heterocycles. The molecule has 0 fully saturated rings. The van der Waals surface area contributed by atoms with Gasteiger partial charge in [0.25, 0.3) is 0 Å². The largest absolute Gasteiger partial charge is 0.462 e. The fourth-order valence-electron chi connectivity index (χ4n) is 3.93. The average Bonchev–Trinajstić information content (AvgIpc) is 2.91. The second-order valence-electron chi connectivity index (χ2n) is 9.08. The van der Waals surface area contributed by atoms with Gasteiger partial charge in [-0.3, -0.25) is 0 Å². The Balaban J connectivity index is 2.19. The van der Waals surface area contributed by atoms with Gasteiger partial charge in [-0.15, -0.1) is 0 Å². The fraction of sp³-hybridized carbons (Fsp3) is 0.400. The van der Waals surface area contributed by atoms with Gasteiger partial charge in [0.1, 0.15) is 11.6 Å². The molecule has 0 aromatic heterocycles.